The summed E-state index contributed by atoms with van der Waals surface area (Å²) in [5.41, 5.74) is 0.372. The van der Waals surface area contributed by atoms with E-state index >= 15 is 0 Å². The van der Waals surface area contributed by atoms with E-state index in [4.69, 9.17) is 6.42 Å². The summed E-state index contributed by atoms with van der Waals surface area (Å²) in [6, 6.07) is 5.82. The molecule has 3 rings (SSSR count). The highest BCUT2D eigenvalue weighted by atomic mass is 19.1. The van der Waals surface area contributed by atoms with Gasteiger partial charge in [0.25, 0.3) is 5.91 Å². The number of amides is 1. The molecule has 1 heterocycles. The number of aromatic nitrogens is 1. The number of terminal acetylenes is 1. The first-order valence-corrected chi connectivity index (χ1v) is 10.8. The van der Waals surface area contributed by atoms with Gasteiger partial charge in [0, 0.05) is 24.6 Å². The van der Waals surface area contributed by atoms with Gasteiger partial charge in [0.05, 0.1) is 0 Å². The molecule has 0 unspecified atom stereocenters. The highest BCUT2D eigenvalue weighted by Gasteiger charge is 2.33. The average Bonchev–Trinajstić information content (AvgIpc) is 3.18. The molecule has 1 aliphatic carbocycles. The van der Waals surface area contributed by atoms with Crippen LogP contribution in [0.1, 0.15) is 73.6 Å². The molecule has 32 heavy (non-hydrogen) atoms. The molecular formula is C26H29FN2O3. The summed E-state index contributed by atoms with van der Waals surface area (Å²) >= 11 is 0. The number of phenolic OH excluding ortho intramolecular Hbond substituents is 1. The molecule has 6 heteroatoms. The number of hydrogen-bond acceptors (Lipinski definition) is 4. The topological polar surface area (TPSA) is 79.3 Å². The molecule has 1 aromatic heterocycles. The Labute approximate surface area is 188 Å². The molecule has 1 aromatic carbocycles. The maximum absolute atomic E-state index is 14.6. The van der Waals surface area contributed by atoms with Crippen molar-refractivity contribution in [2.75, 3.05) is 0 Å². The Morgan fingerprint density at radius 2 is 1.91 bits per heavy atom. The molecule has 1 saturated carbocycles. The van der Waals surface area contributed by atoms with Crippen LogP contribution in [0.15, 0.2) is 30.5 Å². The summed E-state index contributed by atoms with van der Waals surface area (Å²) in [6.45, 7) is 5.63. The van der Waals surface area contributed by atoms with Gasteiger partial charge in [-0.1, -0.05) is 26.7 Å². The Balaban J connectivity index is 1.69. The Morgan fingerprint density at radius 3 is 2.53 bits per heavy atom. The van der Waals surface area contributed by atoms with Gasteiger partial charge in [-0.3, -0.25) is 14.6 Å². The highest BCUT2D eigenvalue weighted by Crippen LogP contribution is 2.33. The van der Waals surface area contributed by atoms with Crippen molar-refractivity contribution >= 4 is 11.7 Å². The van der Waals surface area contributed by atoms with E-state index in [1.807, 2.05) is 20.8 Å². The van der Waals surface area contributed by atoms with E-state index in [1.54, 1.807) is 12.1 Å². The molecule has 1 fully saturated rings. The Morgan fingerprint density at radius 1 is 1.22 bits per heavy atom. The first-order valence-electron chi connectivity index (χ1n) is 10.8. The fraction of sp³-hybridized carbons (Fsp3) is 0.423. The fourth-order valence-electron chi connectivity index (χ4n) is 4.12. The number of hydrogen-bond donors (Lipinski definition) is 2. The minimum atomic E-state index is -0.636. The molecule has 1 aliphatic rings. The van der Waals surface area contributed by atoms with Gasteiger partial charge in [-0.05, 0) is 66.5 Å². The fourth-order valence-corrected chi connectivity index (χ4v) is 4.12. The van der Waals surface area contributed by atoms with Gasteiger partial charge >= 0.3 is 0 Å². The number of nitrogens with zero attached hydrogens (tertiary/aromatic N) is 1. The lowest BCUT2D eigenvalue weighted by Crippen LogP contribution is -2.45. The van der Waals surface area contributed by atoms with E-state index in [2.05, 4.69) is 16.2 Å². The number of halogens is 1. The molecule has 0 aliphatic heterocycles. The maximum atomic E-state index is 14.6. The summed E-state index contributed by atoms with van der Waals surface area (Å²) in [4.78, 5) is 29.4. The summed E-state index contributed by atoms with van der Waals surface area (Å²) in [7, 11) is 0. The third-order valence-corrected chi connectivity index (χ3v) is 5.90. The Hall–Kier alpha value is -3.20. The zero-order valence-corrected chi connectivity index (χ0v) is 18.8. The lowest BCUT2D eigenvalue weighted by molar-refractivity contribution is -0.117. The van der Waals surface area contributed by atoms with Crippen molar-refractivity contribution in [2.45, 2.75) is 70.3 Å². The number of nitrogens with one attached hydrogen (secondary N) is 1. The molecule has 1 amide bonds. The molecule has 2 aromatic rings. The highest BCUT2D eigenvalue weighted by molar-refractivity contribution is 5.93. The Kier molecular flexibility index (Phi) is 6.68. The first-order chi connectivity index (χ1) is 15.0. The van der Waals surface area contributed by atoms with Crippen LogP contribution in [0.5, 0.6) is 5.75 Å². The largest absolute Gasteiger partial charge is 0.508 e. The van der Waals surface area contributed by atoms with E-state index in [9.17, 15) is 19.1 Å². The van der Waals surface area contributed by atoms with E-state index in [0.29, 0.717) is 11.1 Å². The number of rotatable bonds is 6. The molecule has 0 radical (unpaired) electrons. The quantitative estimate of drug-likeness (QED) is 0.664. The van der Waals surface area contributed by atoms with E-state index < -0.39 is 16.8 Å². The number of carbonyl (C=O) groups is 2. The number of ketones is 1. The summed E-state index contributed by atoms with van der Waals surface area (Å²) < 4.78 is 14.6. The van der Waals surface area contributed by atoms with Crippen LogP contribution < -0.4 is 5.32 Å². The van der Waals surface area contributed by atoms with E-state index in [-0.39, 0.29) is 41.5 Å². The van der Waals surface area contributed by atoms with Gasteiger partial charge in [0.1, 0.15) is 28.6 Å². The molecule has 0 atom stereocenters. The van der Waals surface area contributed by atoms with Crippen molar-refractivity contribution in [3.8, 4) is 18.1 Å². The number of aromatic hydroxyl groups is 1. The lowest BCUT2D eigenvalue weighted by Gasteiger charge is -2.23. The third-order valence-electron chi connectivity index (χ3n) is 5.90. The van der Waals surface area contributed by atoms with Crippen LogP contribution in [0.2, 0.25) is 0 Å². The number of pyridine rings is 1. The van der Waals surface area contributed by atoms with Crippen molar-refractivity contribution in [2.24, 2.45) is 0 Å². The minimum absolute atomic E-state index is 0.0182. The predicted molar refractivity (Wildman–Crippen MR) is 121 cm³/mol. The molecule has 0 spiro atoms. The van der Waals surface area contributed by atoms with Crippen molar-refractivity contribution in [3.63, 3.8) is 0 Å². The SMILES string of the molecule is C#CC1(NC(=O)c2cc(CC(=O)Cc3cc(O)c(C(C)(C)C)cc3F)ccn2)CCCC1. The Bertz CT molecular complexity index is 1070. The van der Waals surface area contributed by atoms with Crippen LogP contribution in [-0.4, -0.2) is 27.3 Å². The second-order valence-electron chi connectivity index (χ2n) is 9.54. The van der Waals surface area contributed by atoms with Gasteiger partial charge in [0.2, 0.25) is 0 Å². The third kappa shape index (κ3) is 5.34. The first kappa shape index (κ1) is 23.5. The number of benzene rings is 1. The molecule has 2 N–H and O–H groups in total. The zero-order valence-electron chi connectivity index (χ0n) is 18.8. The van der Waals surface area contributed by atoms with Crippen molar-refractivity contribution in [3.05, 3.63) is 58.7 Å². The van der Waals surface area contributed by atoms with Crippen molar-refractivity contribution < 1.29 is 19.1 Å². The normalized spacial score (nSPS) is 15.2. The number of Topliss-reactive ketones (excluding diaryl/α,β-unsaturated/α-hetero) is 1. The van der Waals surface area contributed by atoms with Crippen LogP contribution in [0.25, 0.3) is 0 Å². The van der Waals surface area contributed by atoms with Crippen LogP contribution >= 0.6 is 0 Å². The van der Waals surface area contributed by atoms with Gasteiger partial charge in [-0.15, -0.1) is 6.42 Å². The summed E-state index contributed by atoms with van der Waals surface area (Å²) in [5, 5.41) is 13.2. The summed E-state index contributed by atoms with van der Waals surface area (Å²) in [5.74, 6) is 1.55. The van der Waals surface area contributed by atoms with Gasteiger partial charge in [-0.2, -0.15) is 0 Å². The number of carbonyl (C=O) groups excluding carboxylic acids is 2. The smallest absolute Gasteiger partial charge is 0.271 e. The van der Waals surface area contributed by atoms with Gasteiger partial charge < -0.3 is 10.4 Å². The molecule has 5 nitrogen and oxygen atoms in total. The van der Waals surface area contributed by atoms with Crippen LogP contribution in [0.4, 0.5) is 4.39 Å². The average molecular weight is 437 g/mol. The van der Waals surface area contributed by atoms with E-state index in [0.717, 1.165) is 25.7 Å². The van der Waals surface area contributed by atoms with E-state index in [1.165, 1.54) is 18.3 Å². The van der Waals surface area contributed by atoms with Crippen LogP contribution in [0, 0.1) is 18.2 Å². The predicted octanol–water partition coefficient (Wildman–Crippen LogP) is 4.25. The second kappa shape index (κ2) is 9.12. The zero-order chi connectivity index (χ0) is 23.5. The maximum Gasteiger partial charge on any atom is 0.271 e. The molecule has 0 bridgehead atoms. The van der Waals surface area contributed by atoms with Crippen LogP contribution in [-0.2, 0) is 23.1 Å². The minimum Gasteiger partial charge on any atom is -0.508 e. The second-order valence-corrected chi connectivity index (χ2v) is 9.54. The molecular weight excluding hydrogens is 407 g/mol. The van der Waals surface area contributed by atoms with Gasteiger partial charge in [0.15, 0.2) is 0 Å². The van der Waals surface area contributed by atoms with Crippen LogP contribution in [0.3, 0.4) is 0 Å². The lowest BCUT2D eigenvalue weighted by atomic mass is 9.85. The molecule has 168 valence electrons. The summed E-state index contributed by atoms with van der Waals surface area (Å²) in [6.07, 6.45) is 10.4. The van der Waals surface area contributed by atoms with Crippen molar-refractivity contribution in [1.29, 1.82) is 0 Å². The number of phenols is 1. The van der Waals surface area contributed by atoms with Crippen molar-refractivity contribution in [1.82, 2.24) is 10.3 Å². The van der Waals surface area contributed by atoms with Gasteiger partial charge in [-0.25, -0.2) is 4.39 Å². The monoisotopic (exact) mass is 436 g/mol. The standard InChI is InChI=1S/C26H29FN2O3/c1-5-26(9-6-7-10-26)29-24(32)22-13-17(8-11-28-22)12-19(30)14-18-15-23(31)20(16-21(18)27)25(2,3)4/h1,8,11,13,15-16,31H,6-7,9-10,12,14H2,2-4H3,(H,29,32). The molecule has 0 saturated heterocycles.